The molecule has 4 rings (SSSR count). The summed E-state index contributed by atoms with van der Waals surface area (Å²) >= 11 is 0. The van der Waals surface area contributed by atoms with Crippen molar-refractivity contribution in [2.75, 3.05) is 11.4 Å². The standard InChI is InChI=1S/C24H24N4O4/c1-17-15-23-26(13-2-14-27(23)25-17)24(30)12-11-22(29)16-18-3-5-19(6-4-18)20-7-9-21(10-8-20)28(31)32/h3-10,15H,2,11-14,16H2,1H3. The highest BCUT2D eigenvalue weighted by molar-refractivity contribution is 5.95. The third kappa shape index (κ3) is 4.74. The fraction of sp³-hybridized carbons (Fsp3) is 0.292. The molecule has 1 aliphatic heterocycles. The van der Waals surface area contributed by atoms with E-state index in [0.717, 1.165) is 41.2 Å². The topological polar surface area (TPSA) is 98.3 Å². The number of ketones is 1. The Bertz CT molecular complexity index is 1150. The Labute approximate surface area is 185 Å². The predicted molar refractivity (Wildman–Crippen MR) is 120 cm³/mol. The van der Waals surface area contributed by atoms with Gasteiger partial charge in [0.1, 0.15) is 11.6 Å². The summed E-state index contributed by atoms with van der Waals surface area (Å²) in [6.07, 6.45) is 1.51. The molecule has 2 aromatic carbocycles. The highest BCUT2D eigenvalue weighted by Crippen LogP contribution is 2.24. The Morgan fingerprint density at radius 3 is 2.31 bits per heavy atom. The van der Waals surface area contributed by atoms with Crippen LogP contribution in [0.15, 0.2) is 54.6 Å². The normalized spacial score (nSPS) is 13.0. The van der Waals surface area contributed by atoms with E-state index in [4.69, 9.17) is 0 Å². The molecular weight excluding hydrogens is 408 g/mol. The minimum absolute atomic E-state index is 0.0168. The molecule has 8 heteroatoms. The zero-order valence-corrected chi connectivity index (χ0v) is 17.9. The molecule has 0 radical (unpaired) electrons. The summed E-state index contributed by atoms with van der Waals surface area (Å²) in [6, 6.07) is 15.8. The van der Waals surface area contributed by atoms with E-state index < -0.39 is 4.92 Å². The van der Waals surface area contributed by atoms with Gasteiger partial charge in [-0.1, -0.05) is 24.3 Å². The molecule has 1 aliphatic rings. The van der Waals surface area contributed by atoms with E-state index in [2.05, 4.69) is 5.10 Å². The molecule has 0 unspecified atom stereocenters. The van der Waals surface area contributed by atoms with Gasteiger partial charge in [-0.05, 0) is 42.2 Å². The predicted octanol–water partition coefficient (Wildman–Crippen LogP) is 4.10. The third-order valence-electron chi connectivity index (χ3n) is 5.59. The molecule has 0 atom stereocenters. The first-order chi connectivity index (χ1) is 15.4. The second-order valence-corrected chi connectivity index (χ2v) is 7.98. The minimum Gasteiger partial charge on any atom is -0.299 e. The number of non-ortho nitro benzene ring substituents is 1. The van der Waals surface area contributed by atoms with Crippen LogP contribution in [0.5, 0.6) is 0 Å². The molecule has 0 bridgehead atoms. The Hall–Kier alpha value is -3.81. The molecule has 3 aromatic rings. The van der Waals surface area contributed by atoms with Crippen LogP contribution >= 0.6 is 0 Å². The maximum atomic E-state index is 12.7. The van der Waals surface area contributed by atoms with E-state index in [-0.39, 0.29) is 36.6 Å². The van der Waals surface area contributed by atoms with Crippen LogP contribution in [0, 0.1) is 17.0 Å². The zero-order valence-electron chi connectivity index (χ0n) is 17.9. The van der Waals surface area contributed by atoms with Gasteiger partial charge in [-0.25, -0.2) is 4.68 Å². The summed E-state index contributed by atoms with van der Waals surface area (Å²) in [7, 11) is 0. The number of nitro groups is 1. The van der Waals surface area contributed by atoms with E-state index in [9.17, 15) is 19.7 Å². The van der Waals surface area contributed by atoms with Gasteiger partial charge in [-0.3, -0.25) is 24.6 Å². The van der Waals surface area contributed by atoms with Gasteiger partial charge in [0.2, 0.25) is 5.91 Å². The van der Waals surface area contributed by atoms with Crippen molar-refractivity contribution >= 4 is 23.2 Å². The Morgan fingerprint density at radius 1 is 1.00 bits per heavy atom. The number of nitrogens with zero attached hydrogens (tertiary/aromatic N) is 4. The molecule has 0 fully saturated rings. The van der Waals surface area contributed by atoms with Crippen molar-refractivity contribution in [3.63, 3.8) is 0 Å². The second-order valence-electron chi connectivity index (χ2n) is 7.98. The Morgan fingerprint density at radius 2 is 1.66 bits per heavy atom. The van der Waals surface area contributed by atoms with Gasteiger partial charge in [0, 0.05) is 50.6 Å². The second kappa shape index (κ2) is 9.13. The molecule has 0 saturated heterocycles. The van der Waals surface area contributed by atoms with Crippen molar-refractivity contribution < 1.29 is 14.5 Å². The number of rotatable bonds is 7. The molecule has 1 amide bonds. The van der Waals surface area contributed by atoms with Gasteiger partial charge in [0.15, 0.2) is 0 Å². The Kier molecular flexibility index (Phi) is 6.11. The highest BCUT2D eigenvalue weighted by Gasteiger charge is 2.24. The molecule has 0 N–H and O–H groups in total. The number of carbonyl (C=O) groups excluding carboxylic acids is 2. The SMILES string of the molecule is Cc1cc2n(n1)CCCN2C(=O)CCC(=O)Cc1ccc(-c2ccc([N+](=O)[O-])cc2)cc1. The molecule has 0 saturated carbocycles. The molecule has 0 aliphatic carbocycles. The van der Waals surface area contributed by atoms with Gasteiger partial charge in [-0.15, -0.1) is 0 Å². The van der Waals surface area contributed by atoms with Crippen molar-refractivity contribution in [1.82, 2.24) is 9.78 Å². The summed E-state index contributed by atoms with van der Waals surface area (Å²) in [5, 5.41) is 15.2. The van der Waals surface area contributed by atoms with Crippen LogP contribution in [0.2, 0.25) is 0 Å². The van der Waals surface area contributed by atoms with Crippen LogP contribution in [0.1, 0.15) is 30.5 Å². The van der Waals surface area contributed by atoms with E-state index in [0.29, 0.717) is 6.54 Å². The van der Waals surface area contributed by atoms with Crippen LogP contribution in [0.4, 0.5) is 11.5 Å². The lowest BCUT2D eigenvalue weighted by molar-refractivity contribution is -0.384. The summed E-state index contributed by atoms with van der Waals surface area (Å²) in [4.78, 5) is 37.2. The van der Waals surface area contributed by atoms with E-state index >= 15 is 0 Å². The minimum atomic E-state index is -0.427. The number of aromatic nitrogens is 2. The number of Topliss-reactive ketones (excluding diaryl/α,β-unsaturated/α-hetero) is 1. The highest BCUT2D eigenvalue weighted by atomic mass is 16.6. The van der Waals surface area contributed by atoms with Crippen molar-refractivity contribution in [3.8, 4) is 11.1 Å². The van der Waals surface area contributed by atoms with Crippen LogP contribution in [-0.4, -0.2) is 32.9 Å². The first-order valence-corrected chi connectivity index (χ1v) is 10.6. The molecule has 1 aromatic heterocycles. The lowest BCUT2D eigenvalue weighted by Crippen LogP contribution is -2.37. The zero-order chi connectivity index (χ0) is 22.7. The number of carbonyl (C=O) groups is 2. The number of aryl methyl sites for hydroxylation is 2. The van der Waals surface area contributed by atoms with Crippen LogP contribution in [-0.2, 0) is 22.6 Å². The van der Waals surface area contributed by atoms with E-state index in [1.165, 1.54) is 12.1 Å². The molecule has 8 nitrogen and oxygen atoms in total. The summed E-state index contributed by atoms with van der Waals surface area (Å²) in [5.41, 5.74) is 3.60. The number of fused-ring (bicyclic) bond motifs is 1. The molecule has 164 valence electrons. The van der Waals surface area contributed by atoms with Crippen LogP contribution in [0.3, 0.4) is 0 Å². The lowest BCUT2D eigenvalue weighted by Gasteiger charge is -2.27. The van der Waals surface area contributed by atoms with Crippen molar-refractivity contribution in [1.29, 1.82) is 0 Å². The first kappa shape index (κ1) is 21.4. The fourth-order valence-electron chi connectivity index (χ4n) is 3.95. The third-order valence-corrected chi connectivity index (χ3v) is 5.59. The van der Waals surface area contributed by atoms with E-state index in [1.807, 2.05) is 41.9 Å². The molecular formula is C24H24N4O4. The average Bonchev–Trinajstić information content (AvgIpc) is 3.18. The van der Waals surface area contributed by atoms with Gasteiger partial charge in [0.05, 0.1) is 10.6 Å². The van der Waals surface area contributed by atoms with Gasteiger partial charge in [0.25, 0.3) is 5.69 Å². The molecule has 0 spiro atoms. The summed E-state index contributed by atoms with van der Waals surface area (Å²) in [6.45, 7) is 3.37. The molecule has 2 heterocycles. The van der Waals surface area contributed by atoms with Gasteiger partial charge >= 0.3 is 0 Å². The van der Waals surface area contributed by atoms with E-state index in [1.54, 1.807) is 17.0 Å². The summed E-state index contributed by atoms with van der Waals surface area (Å²) in [5.74, 6) is 0.781. The van der Waals surface area contributed by atoms with Crippen molar-refractivity contribution in [2.45, 2.75) is 39.2 Å². The van der Waals surface area contributed by atoms with Gasteiger partial charge < -0.3 is 0 Å². The number of anilines is 1. The van der Waals surface area contributed by atoms with Crippen molar-refractivity contribution in [3.05, 3.63) is 76.0 Å². The maximum absolute atomic E-state index is 12.7. The number of hydrogen-bond donors (Lipinski definition) is 0. The number of amides is 1. The quantitative estimate of drug-likeness (QED) is 0.414. The lowest BCUT2D eigenvalue weighted by atomic mass is 10.0. The monoisotopic (exact) mass is 432 g/mol. The van der Waals surface area contributed by atoms with Crippen LogP contribution in [0.25, 0.3) is 11.1 Å². The smallest absolute Gasteiger partial charge is 0.269 e. The van der Waals surface area contributed by atoms with Crippen LogP contribution < -0.4 is 4.90 Å². The average molecular weight is 432 g/mol. The maximum Gasteiger partial charge on any atom is 0.269 e. The number of hydrogen-bond acceptors (Lipinski definition) is 5. The molecule has 32 heavy (non-hydrogen) atoms. The first-order valence-electron chi connectivity index (χ1n) is 10.6. The van der Waals surface area contributed by atoms with Crippen molar-refractivity contribution in [2.24, 2.45) is 0 Å². The Balaban J connectivity index is 1.31. The fourth-order valence-corrected chi connectivity index (χ4v) is 3.95. The largest absolute Gasteiger partial charge is 0.299 e. The van der Waals surface area contributed by atoms with Gasteiger partial charge in [-0.2, -0.15) is 5.10 Å². The number of benzene rings is 2. The number of nitro benzene ring substituents is 1. The summed E-state index contributed by atoms with van der Waals surface area (Å²) < 4.78 is 1.85.